The first-order valence-corrected chi connectivity index (χ1v) is 5.78. The molecule has 0 saturated carbocycles. The first kappa shape index (κ1) is 12.3. The van der Waals surface area contributed by atoms with Crippen LogP contribution >= 0.6 is 12.6 Å². The van der Waals surface area contributed by atoms with Gasteiger partial charge in [0.05, 0.1) is 0 Å². The lowest BCUT2D eigenvalue weighted by Gasteiger charge is -2.13. The fourth-order valence-electron chi connectivity index (χ4n) is 1.60. The lowest BCUT2D eigenvalue weighted by atomic mass is 9.94. The predicted octanol–water partition coefficient (Wildman–Crippen LogP) is 4.00. The SMILES string of the molecule is CC(=O)c1cc(C(C)C)ccc1C(C)S. The Morgan fingerprint density at radius 3 is 2.27 bits per heavy atom. The standard InChI is InChI=1S/C13H18OS/c1-8(2)11-5-6-12(10(4)15)13(7-11)9(3)14/h5-8,10,15H,1-4H3. The smallest absolute Gasteiger partial charge is 0.160 e. The van der Waals surface area contributed by atoms with Crippen molar-refractivity contribution in [1.29, 1.82) is 0 Å². The van der Waals surface area contributed by atoms with Crippen molar-refractivity contribution in [3.8, 4) is 0 Å². The second-order valence-corrected chi connectivity index (χ2v) is 5.01. The summed E-state index contributed by atoms with van der Waals surface area (Å²) in [5.74, 6) is 0.570. The molecule has 0 radical (unpaired) electrons. The highest BCUT2D eigenvalue weighted by Gasteiger charge is 2.12. The Kier molecular flexibility index (Phi) is 3.97. The van der Waals surface area contributed by atoms with Crippen molar-refractivity contribution in [2.45, 2.75) is 38.9 Å². The molecule has 1 aromatic carbocycles. The van der Waals surface area contributed by atoms with Crippen LogP contribution in [0, 0.1) is 0 Å². The Morgan fingerprint density at radius 2 is 1.87 bits per heavy atom. The molecule has 0 amide bonds. The van der Waals surface area contributed by atoms with Crippen LogP contribution in [0.2, 0.25) is 0 Å². The quantitative estimate of drug-likeness (QED) is 0.604. The average Bonchev–Trinajstić information content (AvgIpc) is 2.16. The lowest BCUT2D eigenvalue weighted by Crippen LogP contribution is -2.02. The van der Waals surface area contributed by atoms with E-state index in [2.05, 4.69) is 32.5 Å². The van der Waals surface area contributed by atoms with E-state index in [1.165, 1.54) is 5.56 Å². The van der Waals surface area contributed by atoms with E-state index < -0.39 is 0 Å². The Morgan fingerprint density at radius 1 is 1.27 bits per heavy atom. The Bertz CT molecular complexity index is 367. The molecule has 0 heterocycles. The number of thiol groups is 1. The van der Waals surface area contributed by atoms with Crippen molar-refractivity contribution in [2.75, 3.05) is 0 Å². The van der Waals surface area contributed by atoms with Crippen LogP contribution < -0.4 is 0 Å². The molecule has 15 heavy (non-hydrogen) atoms. The van der Waals surface area contributed by atoms with Gasteiger partial charge in [0.15, 0.2) is 5.78 Å². The molecule has 0 bridgehead atoms. The van der Waals surface area contributed by atoms with Crippen molar-refractivity contribution in [2.24, 2.45) is 0 Å². The maximum Gasteiger partial charge on any atom is 0.160 e. The molecular formula is C13H18OS. The Balaban J connectivity index is 3.27. The summed E-state index contributed by atoms with van der Waals surface area (Å²) in [6.07, 6.45) is 0. The number of Topliss-reactive ketones (excluding diaryl/α,β-unsaturated/α-hetero) is 1. The molecule has 2 heteroatoms. The number of carbonyl (C=O) groups is 1. The highest BCUT2D eigenvalue weighted by atomic mass is 32.1. The number of carbonyl (C=O) groups excluding carboxylic acids is 1. The largest absolute Gasteiger partial charge is 0.295 e. The fourth-order valence-corrected chi connectivity index (χ4v) is 1.83. The fraction of sp³-hybridized carbons (Fsp3) is 0.462. The van der Waals surface area contributed by atoms with Crippen molar-refractivity contribution in [1.82, 2.24) is 0 Å². The molecule has 0 spiro atoms. The summed E-state index contributed by atoms with van der Waals surface area (Å²) in [6, 6.07) is 6.10. The summed E-state index contributed by atoms with van der Waals surface area (Å²) in [5, 5.41) is 0.102. The van der Waals surface area contributed by atoms with E-state index in [-0.39, 0.29) is 11.0 Å². The van der Waals surface area contributed by atoms with Gasteiger partial charge in [0.25, 0.3) is 0 Å². The van der Waals surface area contributed by atoms with Gasteiger partial charge in [-0.2, -0.15) is 12.6 Å². The molecule has 0 N–H and O–H groups in total. The molecule has 1 nitrogen and oxygen atoms in total. The molecule has 0 aliphatic rings. The first-order chi connectivity index (χ1) is 6.93. The second-order valence-electron chi connectivity index (χ2n) is 4.23. The summed E-state index contributed by atoms with van der Waals surface area (Å²) >= 11 is 4.39. The normalized spacial score (nSPS) is 12.9. The highest BCUT2D eigenvalue weighted by molar-refractivity contribution is 7.80. The first-order valence-electron chi connectivity index (χ1n) is 5.26. The maximum absolute atomic E-state index is 11.5. The third-order valence-electron chi connectivity index (χ3n) is 2.57. The van der Waals surface area contributed by atoms with Gasteiger partial charge < -0.3 is 0 Å². The van der Waals surface area contributed by atoms with Crippen LogP contribution in [0.1, 0.15) is 60.3 Å². The number of benzene rings is 1. The summed E-state index contributed by atoms with van der Waals surface area (Å²) in [4.78, 5) is 11.5. The highest BCUT2D eigenvalue weighted by Crippen LogP contribution is 2.26. The number of hydrogen-bond donors (Lipinski definition) is 1. The van der Waals surface area contributed by atoms with Gasteiger partial charge in [-0.05, 0) is 37.0 Å². The van der Waals surface area contributed by atoms with Gasteiger partial charge >= 0.3 is 0 Å². The number of hydrogen-bond acceptors (Lipinski definition) is 2. The maximum atomic E-state index is 11.5. The minimum absolute atomic E-state index is 0.102. The zero-order valence-electron chi connectivity index (χ0n) is 9.74. The summed E-state index contributed by atoms with van der Waals surface area (Å²) < 4.78 is 0. The molecule has 1 aromatic rings. The molecule has 1 atom stereocenters. The van der Waals surface area contributed by atoms with Gasteiger partial charge in [0, 0.05) is 10.8 Å². The van der Waals surface area contributed by atoms with Crippen molar-refractivity contribution in [3.63, 3.8) is 0 Å². The van der Waals surface area contributed by atoms with E-state index in [1.54, 1.807) is 6.92 Å². The van der Waals surface area contributed by atoms with Gasteiger partial charge in [-0.1, -0.05) is 26.0 Å². The van der Waals surface area contributed by atoms with Crippen LogP contribution in [0.25, 0.3) is 0 Å². The van der Waals surface area contributed by atoms with Gasteiger partial charge in [0.2, 0.25) is 0 Å². The van der Waals surface area contributed by atoms with E-state index in [0.717, 1.165) is 11.1 Å². The lowest BCUT2D eigenvalue weighted by molar-refractivity contribution is 0.101. The third kappa shape index (κ3) is 2.85. The van der Waals surface area contributed by atoms with Crippen molar-refractivity contribution < 1.29 is 4.79 Å². The molecule has 0 saturated heterocycles. The average molecular weight is 222 g/mol. The van der Waals surface area contributed by atoms with E-state index >= 15 is 0 Å². The summed E-state index contributed by atoms with van der Waals surface area (Å²) in [7, 11) is 0. The van der Waals surface area contributed by atoms with Crippen LogP contribution in [-0.4, -0.2) is 5.78 Å². The van der Waals surface area contributed by atoms with Gasteiger partial charge in [0.1, 0.15) is 0 Å². The third-order valence-corrected chi connectivity index (χ3v) is 2.85. The van der Waals surface area contributed by atoms with Crippen LogP contribution in [0.5, 0.6) is 0 Å². The van der Waals surface area contributed by atoms with Crippen molar-refractivity contribution in [3.05, 3.63) is 34.9 Å². The molecule has 1 unspecified atom stereocenters. The molecule has 0 aliphatic carbocycles. The molecule has 0 aromatic heterocycles. The van der Waals surface area contributed by atoms with E-state index in [9.17, 15) is 4.79 Å². The second kappa shape index (κ2) is 4.84. The van der Waals surface area contributed by atoms with Crippen molar-refractivity contribution >= 4 is 18.4 Å². The van der Waals surface area contributed by atoms with Crippen LogP contribution in [-0.2, 0) is 0 Å². The van der Waals surface area contributed by atoms with Crippen LogP contribution in [0.4, 0.5) is 0 Å². The van der Waals surface area contributed by atoms with Gasteiger partial charge in [-0.25, -0.2) is 0 Å². The molecule has 82 valence electrons. The molecular weight excluding hydrogens is 204 g/mol. The number of ketones is 1. The Labute approximate surface area is 97.3 Å². The summed E-state index contributed by atoms with van der Waals surface area (Å²) in [6.45, 7) is 7.85. The zero-order chi connectivity index (χ0) is 11.6. The zero-order valence-corrected chi connectivity index (χ0v) is 10.6. The van der Waals surface area contributed by atoms with E-state index in [4.69, 9.17) is 0 Å². The van der Waals surface area contributed by atoms with Crippen LogP contribution in [0.3, 0.4) is 0 Å². The van der Waals surface area contributed by atoms with E-state index in [0.29, 0.717) is 5.92 Å². The molecule has 0 fully saturated rings. The Hall–Kier alpha value is -0.760. The van der Waals surface area contributed by atoms with Gasteiger partial charge in [-0.3, -0.25) is 4.79 Å². The van der Waals surface area contributed by atoms with Gasteiger partial charge in [-0.15, -0.1) is 0 Å². The molecule has 1 rings (SSSR count). The topological polar surface area (TPSA) is 17.1 Å². The number of rotatable bonds is 3. The predicted molar refractivity (Wildman–Crippen MR) is 67.9 cm³/mol. The van der Waals surface area contributed by atoms with Crippen LogP contribution in [0.15, 0.2) is 18.2 Å². The minimum Gasteiger partial charge on any atom is -0.295 e. The monoisotopic (exact) mass is 222 g/mol. The minimum atomic E-state index is 0.102. The van der Waals surface area contributed by atoms with E-state index in [1.807, 2.05) is 19.1 Å². The molecule has 0 aliphatic heterocycles. The summed E-state index contributed by atoms with van der Waals surface area (Å²) in [5.41, 5.74) is 3.04.